The van der Waals surface area contributed by atoms with E-state index in [0.29, 0.717) is 27.4 Å². The van der Waals surface area contributed by atoms with Crippen molar-refractivity contribution in [1.29, 1.82) is 0 Å². The third kappa shape index (κ3) is 5.82. The van der Waals surface area contributed by atoms with E-state index in [1.807, 2.05) is 6.07 Å². The number of aromatic nitrogens is 1. The summed E-state index contributed by atoms with van der Waals surface area (Å²) < 4.78 is 5.66. The van der Waals surface area contributed by atoms with Gasteiger partial charge in [-0.1, -0.05) is 41.9 Å². The van der Waals surface area contributed by atoms with Gasteiger partial charge in [0.15, 0.2) is 12.4 Å². The normalized spacial score (nSPS) is 10.7. The number of fused-ring (bicyclic) bond motifs is 1. The molecule has 1 heterocycles. The van der Waals surface area contributed by atoms with Crippen molar-refractivity contribution >= 4 is 57.3 Å². The molecular formula is C26H21Cl2N3O4. The molecule has 2 N–H and O–H groups in total. The zero-order valence-electron chi connectivity index (χ0n) is 18.4. The molecule has 0 unspecified atom stereocenters. The second kappa shape index (κ2) is 11.1. The van der Waals surface area contributed by atoms with Crippen LogP contribution in [0.3, 0.4) is 0 Å². The number of carbonyl (C=O) groups excluding carboxylic acids is 2. The second-order valence-corrected chi connectivity index (χ2v) is 8.26. The van der Waals surface area contributed by atoms with Crippen LogP contribution in [0, 0.1) is 0 Å². The molecule has 0 atom stereocenters. The lowest BCUT2D eigenvalue weighted by atomic mass is 10.1. The van der Waals surface area contributed by atoms with Crippen molar-refractivity contribution in [2.24, 2.45) is 0 Å². The Morgan fingerprint density at radius 2 is 1.83 bits per heavy atom. The Hall–Kier alpha value is -3.81. The van der Waals surface area contributed by atoms with Gasteiger partial charge in [-0.25, -0.2) is 0 Å². The van der Waals surface area contributed by atoms with Crippen LogP contribution in [0.1, 0.15) is 5.56 Å². The molecule has 0 spiro atoms. The van der Waals surface area contributed by atoms with Gasteiger partial charge < -0.3 is 20.1 Å². The molecule has 0 aliphatic carbocycles. The number of alkyl halides is 1. The molecule has 0 aliphatic rings. The van der Waals surface area contributed by atoms with Crippen LogP contribution in [-0.4, -0.2) is 34.4 Å². The number of aromatic hydroxyl groups is 1. The average molecular weight is 510 g/mol. The number of amides is 2. The van der Waals surface area contributed by atoms with Gasteiger partial charge >= 0.3 is 0 Å². The lowest BCUT2D eigenvalue weighted by Gasteiger charge is -2.25. The number of halogens is 2. The maximum absolute atomic E-state index is 13.4. The van der Waals surface area contributed by atoms with Gasteiger partial charge in [0, 0.05) is 17.3 Å². The molecule has 9 heteroatoms. The molecule has 0 saturated carbocycles. The Morgan fingerprint density at radius 1 is 1.03 bits per heavy atom. The van der Waals surface area contributed by atoms with Gasteiger partial charge in [0.25, 0.3) is 5.91 Å². The van der Waals surface area contributed by atoms with Crippen molar-refractivity contribution in [2.45, 2.75) is 6.54 Å². The summed E-state index contributed by atoms with van der Waals surface area (Å²) >= 11 is 12.1. The zero-order valence-corrected chi connectivity index (χ0v) is 20.0. The summed E-state index contributed by atoms with van der Waals surface area (Å²) in [6.45, 7) is -0.201. The van der Waals surface area contributed by atoms with Crippen molar-refractivity contribution in [1.82, 2.24) is 4.98 Å². The van der Waals surface area contributed by atoms with Crippen molar-refractivity contribution < 1.29 is 19.4 Å². The number of benzene rings is 3. The van der Waals surface area contributed by atoms with E-state index in [1.54, 1.807) is 60.7 Å². The Labute approximate surface area is 211 Å². The number of ether oxygens (including phenoxy) is 1. The SMILES string of the molecule is O=C(CCl)Nc1cccc(CN(C(=O)COc2ccccc2)c2cc(Cl)c3cccnc3c2O)c1. The number of phenolic OH excluding ortho intramolecular Hbond substituents is 1. The Morgan fingerprint density at radius 3 is 2.60 bits per heavy atom. The molecule has 3 aromatic carbocycles. The maximum Gasteiger partial charge on any atom is 0.265 e. The number of para-hydroxylation sites is 1. The van der Waals surface area contributed by atoms with Gasteiger partial charge in [0.2, 0.25) is 5.91 Å². The Bertz CT molecular complexity index is 1370. The summed E-state index contributed by atoms with van der Waals surface area (Å²) in [6.07, 6.45) is 1.54. The Balaban J connectivity index is 1.70. The largest absolute Gasteiger partial charge is 0.504 e. The first kappa shape index (κ1) is 24.3. The van der Waals surface area contributed by atoms with E-state index in [2.05, 4.69) is 10.3 Å². The predicted octanol–water partition coefficient (Wildman–Crippen LogP) is 5.38. The lowest BCUT2D eigenvalue weighted by molar-refractivity contribution is -0.120. The molecule has 0 fully saturated rings. The summed E-state index contributed by atoms with van der Waals surface area (Å²) in [7, 11) is 0. The molecule has 0 aliphatic heterocycles. The lowest BCUT2D eigenvalue weighted by Crippen LogP contribution is -2.34. The minimum absolute atomic E-state index is 0.0732. The monoisotopic (exact) mass is 509 g/mol. The van der Waals surface area contributed by atoms with E-state index >= 15 is 0 Å². The van der Waals surface area contributed by atoms with Crippen LogP contribution in [0.4, 0.5) is 11.4 Å². The molecule has 4 aromatic rings. The first-order valence-electron chi connectivity index (χ1n) is 10.7. The van der Waals surface area contributed by atoms with Crippen molar-refractivity contribution in [3.05, 3.63) is 89.6 Å². The summed E-state index contributed by atoms with van der Waals surface area (Å²) in [5.41, 5.74) is 1.70. The van der Waals surface area contributed by atoms with Crippen molar-refractivity contribution in [3.8, 4) is 11.5 Å². The van der Waals surface area contributed by atoms with Crippen LogP contribution >= 0.6 is 23.2 Å². The van der Waals surface area contributed by atoms with Crippen molar-refractivity contribution in [2.75, 3.05) is 22.7 Å². The smallest absolute Gasteiger partial charge is 0.265 e. The van der Waals surface area contributed by atoms with Crippen LogP contribution in [0.15, 0.2) is 79.0 Å². The predicted molar refractivity (Wildman–Crippen MR) is 137 cm³/mol. The fraction of sp³-hybridized carbons (Fsp3) is 0.115. The fourth-order valence-corrected chi connectivity index (χ4v) is 3.87. The summed E-state index contributed by atoms with van der Waals surface area (Å²) in [6, 6.07) is 20.9. The first-order valence-corrected chi connectivity index (χ1v) is 11.6. The molecule has 1 aromatic heterocycles. The highest BCUT2D eigenvalue weighted by molar-refractivity contribution is 6.36. The van der Waals surface area contributed by atoms with Crippen LogP contribution in [0.25, 0.3) is 10.9 Å². The number of hydrogen-bond donors (Lipinski definition) is 2. The van der Waals surface area contributed by atoms with Gasteiger partial charge in [0.1, 0.15) is 17.1 Å². The Kier molecular flexibility index (Phi) is 7.70. The molecule has 2 amide bonds. The summed E-state index contributed by atoms with van der Waals surface area (Å²) in [5.74, 6) is -0.579. The van der Waals surface area contributed by atoms with E-state index < -0.39 is 5.91 Å². The van der Waals surface area contributed by atoms with E-state index in [-0.39, 0.29) is 41.9 Å². The number of anilines is 2. The number of nitrogens with one attached hydrogen (secondary N) is 1. The topological polar surface area (TPSA) is 91.8 Å². The number of carbonyl (C=O) groups is 2. The van der Waals surface area contributed by atoms with Crippen LogP contribution in [0.5, 0.6) is 11.5 Å². The molecule has 7 nitrogen and oxygen atoms in total. The highest BCUT2D eigenvalue weighted by Gasteiger charge is 2.23. The molecule has 178 valence electrons. The quantitative estimate of drug-likeness (QED) is 0.311. The first-order chi connectivity index (χ1) is 17.0. The third-order valence-corrected chi connectivity index (χ3v) is 5.72. The van der Waals surface area contributed by atoms with E-state index in [1.165, 1.54) is 17.2 Å². The van der Waals surface area contributed by atoms with Crippen LogP contribution in [-0.2, 0) is 16.1 Å². The number of phenols is 1. The van der Waals surface area contributed by atoms with E-state index in [4.69, 9.17) is 27.9 Å². The second-order valence-electron chi connectivity index (χ2n) is 7.59. The molecule has 0 radical (unpaired) electrons. The van der Waals surface area contributed by atoms with Gasteiger partial charge in [-0.3, -0.25) is 14.6 Å². The van der Waals surface area contributed by atoms with E-state index in [9.17, 15) is 14.7 Å². The number of pyridine rings is 1. The molecule has 4 rings (SSSR count). The van der Waals surface area contributed by atoms with E-state index in [0.717, 1.165) is 0 Å². The average Bonchev–Trinajstić information content (AvgIpc) is 2.89. The zero-order chi connectivity index (χ0) is 24.8. The molecular weight excluding hydrogens is 489 g/mol. The number of rotatable bonds is 8. The highest BCUT2D eigenvalue weighted by Crippen LogP contribution is 2.39. The van der Waals surface area contributed by atoms with Gasteiger partial charge in [0.05, 0.1) is 17.3 Å². The van der Waals surface area contributed by atoms with Crippen LogP contribution in [0.2, 0.25) is 5.02 Å². The number of nitrogens with zero attached hydrogens (tertiary/aromatic N) is 2. The highest BCUT2D eigenvalue weighted by atomic mass is 35.5. The number of hydrogen-bond acceptors (Lipinski definition) is 5. The standard InChI is InChI=1S/C26H21Cl2N3O4/c27-14-23(32)30-18-7-4-6-17(12-18)15-31(24(33)16-35-19-8-2-1-3-9-19)22-13-21(28)20-10-5-11-29-25(20)26(22)34/h1-13,34H,14-16H2,(H,30,32). The molecule has 35 heavy (non-hydrogen) atoms. The minimum Gasteiger partial charge on any atom is -0.504 e. The summed E-state index contributed by atoms with van der Waals surface area (Å²) in [5, 5.41) is 14.6. The van der Waals surface area contributed by atoms with Crippen molar-refractivity contribution in [3.63, 3.8) is 0 Å². The maximum atomic E-state index is 13.4. The third-order valence-electron chi connectivity index (χ3n) is 5.17. The van der Waals surface area contributed by atoms with Crippen LogP contribution < -0.4 is 15.0 Å². The van der Waals surface area contributed by atoms with Gasteiger partial charge in [-0.15, -0.1) is 11.6 Å². The fourth-order valence-electron chi connectivity index (χ4n) is 3.55. The van der Waals surface area contributed by atoms with Gasteiger partial charge in [-0.2, -0.15) is 0 Å². The minimum atomic E-state index is -0.411. The molecule has 0 bridgehead atoms. The van der Waals surface area contributed by atoms with Gasteiger partial charge in [-0.05, 0) is 48.0 Å². The molecule has 0 saturated heterocycles. The summed E-state index contributed by atoms with van der Waals surface area (Å²) in [4.78, 5) is 30.7.